The number of aliphatic hydroxyl groups is 1. The number of nitrogens with zero attached hydrogens (tertiary/aromatic N) is 1. The first-order chi connectivity index (χ1) is 15.0. The molecule has 3 N–H and O–H groups in total. The second-order valence-electron chi connectivity index (χ2n) is 8.87. The summed E-state index contributed by atoms with van der Waals surface area (Å²) in [7, 11) is -3.57. The van der Waals surface area contributed by atoms with E-state index in [4.69, 9.17) is 4.74 Å². The van der Waals surface area contributed by atoms with Gasteiger partial charge in [-0.2, -0.15) is 0 Å². The maximum absolute atomic E-state index is 14.1. The predicted molar refractivity (Wildman–Crippen MR) is 119 cm³/mol. The Bertz CT molecular complexity index is 962. The van der Waals surface area contributed by atoms with Gasteiger partial charge in [0.15, 0.2) is 17.9 Å². The molecule has 1 heterocycles. The number of carbonyl (C=O) groups excluding carboxylic acids is 1. The zero-order valence-corrected chi connectivity index (χ0v) is 19.5. The minimum atomic E-state index is -3.57. The second kappa shape index (κ2) is 9.86. The number of hydrogen-bond donors (Lipinski definition) is 3. The monoisotopic (exact) mass is 469 g/mol. The van der Waals surface area contributed by atoms with Gasteiger partial charge >= 0.3 is 0 Å². The molecule has 32 heavy (non-hydrogen) atoms. The molecule has 0 spiro atoms. The van der Waals surface area contributed by atoms with Crippen molar-refractivity contribution in [2.75, 3.05) is 18.9 Å². The van der Waals surface area contributed by atoms with Crippen LogP contribution in [0, 0.1) is 11.7 Å². The first-order valence-electron chi connectivity index (χ1n) is 10.9. The van der Waals surface area contributed by atoms with Gasteiger partial charge in [-0.3, -0.25) is 4.79 Å². The van der Waals surface area contributed by atoms with Gasteiger partial charge in [-0.15, -0.1) is 0 Å². The van der Waals surface area contributed by atoms with Gasteiger partial charge in [0.25, 0.3) is 0 Å². The van der Waals surface area contributed by atoms with Gasteiger partial charge < -0.3 is 15.2 Å². The number of amides is 1. The van der Waals surface area contributed by atoms with Crippen LogP contribution < -0.4 is 14.8 Å². The summed E-state index contributed by atoms with van der Waals surface area (Å²) in [5.41, 5.74) is -0.0150. The normalized spacial score (nSPS) is 23.1. The minimum absolute atomic E-state index is 0.0988. The molecule has 1 amide bonds. The van der Waals surface area contributed by atoms with E-state index >= 15 is 0 Å². The van der Waals surface area contributed by atoms with E-state index in [9.17, 15) is 22.7 Å². The highest BCUT2D eigenvalue weighted by Crippen LogP contribution is 2.47. The van der Waals surface area contributed by atoms with Crippen molar-refractivity contribution in [2.45, 2.75) is 58.0 Å². The fourth-order valence-electron chi connectivity index (χ4n) is 3.58. The lowest BCUT2D eigenvalue weighted by molar-refractivity contribution is -0.121. The number of nitrogens with one attached hydrogen (secondary N) is 2. The highest BCUT2D eigenvalue weighted by molar-refractivity contribution is 7.89. The van der Waals surface area contributed by atoms with E-state index in [0.717, 1.165) is 0 Å². The van der Waals surface area contributed by atoms with Crippen molar-refractivity contribution in [3.05, 3.63) is 41.7 Å². The quantitative estimate of drug-likeness (QED) is 0.427. The van der Waals surface area contributed by atoms with E-state index < -0.39 is 33.8 Å². The first kappa shape index (κ1) is 24.6. The molecule has 1 aliphatic carbocycles. The third-order valence-corrected chi connectivity index (χ3v) is 7.13. The Hall–Kier alpha value is -2.01. The Morgan fingerprint density at radius 1 is 1.38 bits per heavy atom. The van der Waals surface area contributed by atoms with Crippen LogP contribution in [0.5, 0.6) is 5.75 Å². The number of rotatable bonds is 11. The molecule has 10 heteroatoms. The van der Waals surface area contributed by atoms with Gasteiger partial charge in [0.2, 0.25) is 15.9 Å². The summed E-state index contributed by atoms with van der Waals surface area (Å²) in [5.74, 6) is -0.430. The summed E-state index contributed by atoms with van der Waals surface area (Å²) in [6.07, 6.45) is 3.99. The van der Waals surface area contributed by atoms with E-state index in [1.807, 2.05) is 13.8 Å². The number of carbonyl (C=O) groups is 1. The van der Waals surface area contributed by atoms with Gasteiger partial charge in [-0.1, -0.05) is 32.1 Å². The van der Waals surface area contributed by atoms with Crippen LogP contribution in [-0.4, -0.2) is 55.6 Å². The van der Waals surface area contributed by atoms with E-state index in [2.05, 4.69) is 10.0 Å². The van der Waals surface area contributed by atoms with Gasteiger partial charge in [-0.25, -0.2) is 22.4 Å². The van der Waals surface area contributed by atoms with E-state index in [0.29, 0.717) is 31.6 Å². The molecule has 0 bridgehead atoms. The van der Waals surface area contributed by atoms with Crippen molar-refractivity contribution in [2.24, 2.45) is 5.92 Å². The predicted octanol–water partition coefficient (Wildman–Crippen LogP) is 1.81. The number of allylic oxidation sites excluding steroid dienone is 1. The molecule has 1 saturated carbocycles. The van der Waals surface area contributed by atoms with Crippen LogP contribution in [-0.2, 0) is 20.4 Å². The first-order valence-corrected chi connectivity index (χ1v) is 12.5. The number of ether oxygens (including phenoxy) is 1. The van der Waals surface area contributed by atoms with E-state index in [1.54, 1.807) is 36.1 Å². The van der Waals surface area contributed by atoms with Crippen LogP contribution in [0.3, 0.4) is 0 Å². The molecule has 2 aliphatic rings. The van der Waals surface area contributed by atoms with E-state index in [1.165, 1.54) is 6.07 Å². The highest BCUT2D eigenvalue weighted by Gasteiger charge is 2.47. The number of benzene rings is 1. The Balaban J connectivity index is 1.55. The Morgan fingerprint density at radius 3 is 2.69 bits per heavy atom. The summed E-state index contributed by atoms with van der Waals surface area (Å²) in [6.45, 7) is 6.33. The molecule has 2 fully saturated rings. The van der Waals surface area contributed by atoms with Crippen molar-refractivity contribution in [3.63, 3.8) is 0 Å². The SMILES string of the molecule is CC(C)COc1cc(C2(NS(=O)(=O)CC/C=C/CN3C(O)NC(=O)[C@@H]3C)CC2)ccc1F. The molecule has 1 aliphatic heterocycles. The molecule has 8 nitrogen and oxygen atoms in total. The van der Waals surface area contributed by atoms with E-state index in [-0.39, 0.29) is 29.7 Å². The number of hydrogen-bond acceptors (Lipinski definition) is 6. The standard InChI is InChI=1S/C22H32FN3O5S/c1-15(2)14-31-19-13-17(7-8-18(19)23)22(9-10-22)25-32(29,30)12-6-4-5-11-26-16(3)20(27)24-21(26)28/h4-5,7-8,13,15-16,21,25,28H,6,9-12,14H2,1-3H3,(H,24,27)/b5-4+/t16-,21?/m0/s1. The minimum Gasteiger partial charge on any atom is -0.490 e. The average molecular weight is 470 g/mol. The van der Waals surface area contributed by atoms with Gasteiger partial charge in [0, 0.05) is 6.54 Å². The van der Waals surface area contributed by atoms with Crippen LogP contribution in [0.4, 0.5) is 4.39 Å². The second-order valence-corrected chi connectivity index (χ2v) is 10.7. The molecule has 3 rings (SSSR count). The van der Waals surface area contributed by atoms with Crippen molar-refractivity contribution >= 4 is 15.9 Å². The maximum Gasteiger partial charge on any atom is 0.240 e. The lowest BCUT2D eigenvalue weighted by Gasteiger charge is -2.20. The molecular formula is C22H32FN3O5S. The lowest BCUT2D eigenvalue weighted by atomic mass is 10.1. The summed E-state index contributed by atoms with van der Waals surface area (Å²) in [5, 5.41) is 12.2. The van der Waals surface area contributed by atoms with Crippen molar-refractivity contribution in [3.8, 4) is 5.75 Å². The summed E-state index contributed by atoms with van der Waals surface area (Å²) in [4.78, 5) is 13.1. The van der Waals surface area contributed by atoms with Gasteiger partial charge in [0.1, 0.15) is 0 Å². The largest absolute Gasteiger partial charge is 0.490 e. The Kier molecular flexibility index (Phi) is 7.59. The smallest absolute Gasteiger partial charge is 0.240 e. The third-order valence-electron chi connectivity index (χ3n) is 5.66. The molecule has 0 radical (unpaired) electrons. The molecule has 0 aromatic heterocycles. The average Bonchev–Trinajstić information content (AvgIpc) is 3.43. The Morgan fingerprint density at radius 2 is 2.09 bits per heavy atom. The van der Waals surface area contributed by atoms with Gasteiger partial charge in [-0.05, 0) is 49.8 Å². The fourth-order valence-corrected chi connectivity index (χ4v) is 5.05. The summed E-state index contributed by atoms with van der Waals surface area (Å²) < 4.78 is 47.7. The number of aliphatic hydroxyl groups excluding tert-OH is 1. The molecular weight excluding hydrogens is 437 g/mol. The summed E-state index contributed by atoms with van der Waals surface area (Å²) in [6, 6.07) is 4.06. The van der Waals surface area contributed by atoms with Crippen molar-refractivity contribution in [1.82, 2.24) is 14.9 Å². The van der Waals surface area contributed by atoms with Gasteiger partial charge in [0.05, 0.1) is 23.9 Å². The molecule has 1 unspecified atom stereocenters. The zero-order chi connectivity index (χ0) is 23.5. The van der Waals surface area contributed by atoms with Crippen LogP contribution in [0.15, 0.2) is 30.4 Å². The fraction of sp³-hybridized carbons (Fsp3) is 0.591. The summed E-state index contributed by atoms with van der Waals surface area (Å²) >= 11 is 0. The molecule has 1 aromatic carbocycles. The molecule has 2 atom stereocenters. The third kappa shape index (κ3) is 6.06. The maximum atomic E-state index is 14.1. The van der Waals surface area contributed by atoms with Crippen molar-refractivity contribution < 1.29 is 27.4 Å². The van der Waals surface area contributed by atoms with Crippen LogP contribution in [0.2, 0.25) is 0 Å². The highest BCUT2D eigenvalue weighted by atomic mass is 32.2. The van der Waals surface area contributed by atoms with Crippen LogP contribution in [0.25, 0.3) is 0 Å². The van der Waals surface area contributed by atoms with Crippen molar-refractivity contribution in [1.29, 1.82) is 0 Å². The Labute approximate surface area is 188 Å². The molecule has 1 saturated heterocycles. The topological polar surface area (TPSA) is 108 Å². The van der Waals surface area contributed by atoms with Crippen LogP contribution >= 0.6 is 0 Å². The number of sulfonamides is 1. The number of halogens is 1. The zero-order valence-electron chi connectivity index (χ0n) is 18.7. The lowest BCUT2D eigenvalue weighted by Crippen LogP contribution is -2.38. The molecule has 1 aromatic rings. The molecule has 178 valence electrons. The van der Waals surface area contributed by atoms with Crippen LogP contribution in [0.1, 0.15) is 45.6 Å².